The predicted molar refractivity (Wildman–Crippen MR) is 215 cm³/mol. The van der Waals surface area contributed by atoms with Gasteiger partial charge in [-0.3, -0.25) is 14.5 Å². The molecule has 2 spiro atoms. The molecule has 0 unspecified atom stereocenters. The lowest BCUT2D eigenvalue weighted by Crippen LogP contribution is -2.44. The molecule has 2 N–H and O–H groups in total. The highest BCUT2D eigenvalue weighted by Gasteiger charge is 2.44. The van der Waals surface area contributed by atoms with Crippen LogP contribution in [-0.4, -0.2) is 66.1 Å². The minimum Gasteiger partial charge on any atom is -0.492 e. The van der Waals surface area contributed by atoms with E-state index in [1.165, 1.54) is 16.7 Å². The summed E-state index contributed by atoms with van der Waals surface area (Å²) in [5, 5.41) is 12.4. The van der Waals surface area contributed by atoms with Crippen LogP contribution < -0.4 is 10.1 Å². The Balaban J connectivity index is 0.000000186. The van der Waals surface area contributed by atoms with E-state index in [2.05, 4.69) is 79.6 Å². The highest BCUT2D eigenvalue weighted by atomic mass is 79.9. The zero-order valence-electron chi connectivity index (χ0n) is 29.3. The van der Waals surface area contributed by atoms with E-state index in [0.717, 1.165) is 80.8 Å². The zero-order valence-corrected chi connectivity index (χ0v) is 33.2. The largest absolute Gasteiger partial charge is 0.492 e. The fourth-order valence-corrected chi connectivity index (χ4v) is 8.84. The number of rotatable bonds is 7. The van der Waals surface area contributed by atoms with Gasteiger partial charge in [-0.25, -0.2) is 0 Å². The number of hydrogen-bond donors (Lipinski definition) is 2. The number of nitrogens with zero attached hydrogens (tertiary/aromatic N) is 2. The Labute approximate surface area is 335 Å². The highest BCUT2D eigenvalue weighted by molar-refractivity contribution is 9.10. The molecule has 4 aliphatic heterocycles. The summed E-state index contributed by atoms with van der Waals surface area (Å²) in [6.07, 6.45) is 4.15. The molecule has 1 amide bonds. The number of likely N-dealkylation sites (tertiary alicyclic amines) is 2. The maximum Gasteiger partial charge on any atom is 0.304 e. The first-order valence-corrected chi connectivity index (χ1v) is 19.3. The number of para-hydroxylation sites is 1. The molecule has 0 radical (unpaired) electrons. The maximum atomic E-state index is 12.7. The first-order chi connectivity index (χ1) is 25.1. The summed E-state index contributed by atoms with van der Waals surface area (Å²) in [7, 11) is 0. The Morgan fingerprint density at radius 3 is 2.21 bits per heavy atom. The molecule has 8 rings (SSSR count). The van der Waals surface area contributed by atoms with Crippen molar-refractivity contribution in [3.8, 4) is 5.75 Å². The van der Waals surface area contributed by atoms with Gasteiger partial charge in [-0.2, -0.15) is 0 Å². The Bertz CT molecular complexity index is 1910. The molecule has 4 heterocycles. The summed E-state index contributed by atoms with van der Waals surface area (Å²) < 4.78 is 13.4. The maximum absolute atomic E-state index is 12.7. The summed E-state index contributed by atoms with van der Waals surface area (Å²) >= 11 is 15.8. The van der Waals surface area contributed by atoms with Crippen molar-refractivity contribution in [2.45, 2.75) is 56.3 Å². The molecule has 0 bridgehead atoms. The van der Waals surface area contributed by atoms with Crippen LogP contribution >= 0.6 is 51.5 Å². The minimum absolute atomic E-state index is 0. The Hall–Kier alpha value is -3.15. The first-order valence-electron chi connectivity index (χ1n) is 17.8. The van der Waals surface area contributed by atoms with Crippen LogP contribution in [0.4, 0.5) is 5.69 Å². The van der Waals surface area contributed by atoms with Gasteiger partial charge in [-0.1, -0.05) is 87.7 Å². The van der Waals surface area contributed by atoms with E-state index in [1.807, 2.05) is 6.07 Å². The van der Waals surface area contributed by atoms with E-state index < -0.39 is 5.97 Å². The van der Waals surface area contributed by atoms with Crippen molar-refractivity contribution in [3.05, 3.63) is 127 Å². The summed E-state index contributed by atoms with van der Waals surface area (Å²) in [5.74, 6) is -0.346. The Kier molecular flexibility index (Phi) is 12.8. The third-order valence-corrected chi connectivity index (χ3v) is 12.1. The molecule has 0 atom stereocenters. The molecule has 4 aromatic carbocycles. The number of carbonyl (C=O) groups is 2. The quantitative estimate of drug-likeness (QED) is 0.192. The fourth-order valence-electron chi connectivity index (χ4n) is 7.94. The van der Waals surface area contributed by atoms with Crippen molar-refractivity contribution >= 4 is 69.1 Å². The van der Waals surface area contributed by atoms with Gasteiger partial charge in [-0.05, 0) is 91.9 Å². The van der Waals surface area contributed by atoms with Crippen LogP contribution in [0.2, 0.25) is 10.0 Å². The van der Waals surface area contributed by atoms with Gasteiger partial charge < -0.3 is 24.8 Å². The van der Waals surface area contributed by atoms with Crippen LogP contribution in [0, 0.1) is 0 Å². The monoisotopic (exact) mass is 841 g/mol. The number of piperidine rings is 2. The van der Waals surface area contributed by atoms with Crippen LogP contribution in [0.5, 0.6) is 5.75 Å². The van der Waals surface area contributed by atoms with Crippen molar-refractivity contribution < 1.29 is 24.2 Å². The molecule has 2 fully saturated rings. The lowest BCUT2D eigenvalue weighted by Gasteiger charge is -2.39. The third kappa shape index (κ3) is 8.89. The number of nitrogens with one attached hydrogen (secondary N) is 1. The number of carboxylic acids is 1. The number of ether oxygens (including phenoxy) is 2. The average Bonchev–Trinajstić information content (AvgIpc) is 3.68. The molecule has 280 valence electrons. The topological polar surface area (TPSA) is 91.3 Å². The molecule has 12 heteroatoms. The number of benzene rings is 4. The van der Waals surface area contributed by atoms with E-state index in [4.69, 9.17) is 37.8 Å². The number of fused-ring (bicyclic) bond motifs is 4. The van der Waals surface area contributed by atoms with Gasteiger partial charge in [0.15, 0.2) is 0 Å². The van der Waals surface area contributed by atoms with Gasteiger partial charge in [0.2, 0.25) is 0 Å². The normalized spacial score (nSPS) is 18.2. The fraction of sp³-hybridized carbons (Fsp3) is 0.366. The highest BCUT2D eigenvalue weighted by Crippen LogP contribution is 2.47. The van der Waals surface area contributed by atoms with Crippen molar-refractivity contribution in [2.75, 3.05) is 44.6 Å². The lowest BCUT2D eigenvalue weighted by atomic mass is 9.74. The number of hydrogen-bond acceptors (Lipinski definition) is 6. The average molecular weight is 844 g/mol. The second-order valence-corrected chi connectivity index (χ2v) is 15.9. The first kappa shape index (κ1) is 39.5. The van der Waals surface area contributed by atoms with Crippen molar-refractivity contribution in [1.29, 1.82) is 0 Å². The Morgan fingerprint density at radius 2 is 1.51 bits per heavy atom. The van der Waals surface area contributed by atoms with E-state index in [1.54, 1.807) is 30.3 Å². The third-order valence-electron chi connectivity index (χ3n) is 11.0. The van der Waals surface area contributed by atoms with Crippen LogP contribution in [0.3, 0.4) is 0 Å². The number of halogens is 4. The summed E-state index contributed by atoms with van der Waals surface area (Å²) in [5.41, 5.74) is 6.03. The lowest BCUT2D eigenvalue weighted by molar-refractivity contribution is -0.137. The predicted octanol–water partition coefficient (Wildman–Crippen LogP) is 9.34. The summed E-state index contributed by atoms with van der Waals surface area (Å²) in [6, 6.07) is 27.9. The summed E-state index contributed by atoms with van der Waals surface area (Å²) in [4.78, 5) is 28.2. The minimum atomic E-state index is -0.770. The van der Waals surface area contributed by atoms with Crippen molar-refractivity contribution in [3.63, 3.8) is 0 Å². The number of carbonyl (C=O) groups excluding carboxylic acids is 1. The van der Waals surface area contributed by atoms with Gasteiger partial charge in [-0.15, -0.1) is 12.4 Å². The molecule has 4 aromatic rings. The number of carboxylic acid groups (broad SMARTS) is 1. The van der Waals surface area contributed by atoms with Crippen molar-refractivity contribution in [1.82, 2.24) is 9.80 Å². The molecule has 0 saturated carbocycles. The number of aliphatic carboxylic acids is 1. The van der Waals surface area contributed by atoms with Crippen molar-refractivity contribution in [2.24, 2.45) is 0 Å². The molecule has 0 aliphatic carbocycles. The van der Waals surface area contributed by atoms with Crippen LogP contribution in [0.1, 0.15) is 64.7 Å². The van der Waals surface area contributed by atoms with Gasteiger partial charge in [0.05, 0.1) is 41.0 Å². The standard InChI is InChI=1S/C22H22Cl2N2O4.C19H20BrNO.ClH/c23-16-2-1-3-17(24)20(16)25-21(29)14-4-5-15-18(12-14)30-13-22(15)7-10-26(11-8-22)9-6-19(27)28;20-17-6-7-18-16(12-17)14-22-19(18)8-10-21(11-9-19)13-15-4-2-1-3-5-15;/h1-5,12H,6-11,13H2,(H,25,29)(H,27,28);1-7,12H,8-11,13-14H2;1H. The molecule has 2 saturated heterocycles. The molecule has 8 nitrogen and oxygen atoms in total. The van der Waals surface area contributed by atoms with Crippen LogP contribution in [0.25, 0.3) is 0 Å². The van der Waals surface area contributed by atoms with E-state index >= 15 is 0 Å². The molecular formula is C41H43BrCl3N3O5. The smallest absolute Gasteiger partial charge is 0.304 e. The second kappa shape index (κ2) is 17.1. The second-order valence-electron chi connectivity index (χ2n) is 14.2. The van der Waals surface area contributed by atoms with E-state index in [-0.39, 0.29) is 35.8 Å². The molecule has 0 aromatic heterocycles. The van der Waals surface area contributed by atoms with Gasteiger partial charge >= 0.3 is 5.97 Å². The van der Waals surface area contributed by atoms with Gasteiger partial charge in [0.25, 0.3) is 5.91 Å². The van der Waals surface area contributed by atoms with E-state index in [9.17, 15) is 9.59 Å². The van der Waals surface area contributed by atoms with Crippen LogP contribution in [-0.2, 0) is 33.7 Å². The van der Waals surface area contributed by atoms with Gasteiger partial charge in [0.1, 0.15) is 5.75 Å². The van der Waals surface area contributed by atoms with Gasteiger partial charge in [0, 0.05) is 47.2 Å². The number of amides is 1. The molecule has 53 heavy (non-hydrogen) atoms. The Morgan fingerprint density at radius 1 is 0.830 bits per heavy atom. The SMILES string of the molecule is Brc1ccc2c(c1)COC21CCN(Cc2ccccc2)CC1.Cl.O=C(O)CCN1CCC2(CC1)COc1cc(C(=O)Nc3c(Cl)cccc3Cl)ccc12. The van der Waals surface area contributed by atoms with Crippen LogP contribution in [0.15, 0.2) is 89.4 Å². The molecular weight excluding hydrogens is 801 g/mol. The number of anilines is 1. The molecule has 4 aliphatic rings. The van der Waals surface area contributed by atoms with E-state index in [0.29, 0.717) is 34.4 Å². The zero-order chi connectivity index (χ0) is 36.3. The summed E-state index contributed by atoms with van der Waals surface area (Å²) in [6.45, 7) is 6.83.